The number of nitrogens with two attached hydrogens (primary N) is 1. The van der Waals surface area contributed by atoms with E-state index in [0.717, 1.165) is 50.2 Å². The Morgan fingerprint density at radius 1 is 1.18 bits per heavy atom. The van der Waals surface area contributed by atoms with E-state index in [9.17, 15) is 0 Å². The van der Waals surface area contributed by atoms with Gasteiger partial charge in [0.05, 0.1) is 18.8 Å². The minimum absolute atomic E-state index is 0. The van der Waals surface area contributed by atoms with E-state index < -0.39 is 0 Å². The molecule has 9 heteroatoms. The van der Waals surface area contributed by atoms with Gasteiger partial charge in [-0.2, -0.15) is 0 Å². The van der Waals surface area contributed by atoms with Gasteiger partial charge < -0.3 is 20.0 Å². The maximum atomic E-state index is 6.34. The number of piperidine rings is 1. The van der Waals surface area contributed by atoms with E-state index in [1.165, 1.54) is 19.3 Å². The van der Waals surface area contributed by atoms with Crippen LogP contribution in [0.2, 0.25) is 0 Å². The lowest BCUT2D eigenvalue weighted by Crippen LogP contribution is -2.51. The summed E-state index contributed by atoms with van der Waals surface area (Å²) in [6, 6.07) is 4.19. The van der Waals surface area contributed by atoms with Crippen molar-refractivity contribution < 1.29 is 4.42 Å². The second-order valence-corrected chi connectivity index (χ2v) is 7.99. The van der Waals surface area contributed by atoms with Gasteiger partial charge in [-0.05, 0) is 38.1 Å². The van der Waals surface area contributed by atoms with Gasteiger partial charge in [-0.3, -0.25) is 9.89 Å². The second kappa shape index (κ2) is 10.4. The first-order valence-electron chi connectivity index (χ1n) is 9.78. The molecule has 2 aliphatic heterocycles. The highest BCUT2D eigenvalue weighted by Crippen LogP contribution is 2.25. The smallest absolute Gasteiger partial charge is 0.191 e. The highest BCUT2D eigenvalue weighted by molar-refractivity contribution is 14.0. The molecule has 0 saturated carbocycles. The van der Waals surface area contributed by atoms with Gasteiger partial charge in [0.15, 0.2) is 11.1 Å². The predicted octanol–water partition coefficient (Wildman–Crippen LogP) is 3.02. The van der Waals surface area contributed by atoms with E-state index in [4.69, 9.17) is 15.1 Å². The van der Waals surface area contributed by atoms with Crippen molar-refractivity contribution in [1.29, 1.82) is 0 Å². The average Bonchev–Trinajstić information content (AvgIpc) is 3.43. The summed E-state index contributed by atoms with van der Waals surface area (Å²) in [7, 11) is 0. The van der Waals surface area contributed by atoms with Crippen LogP contribution in [0.4, 0.5) is 5.13 Å². The Bertz CT molecular complexity index is 709. The largest absolute Gasteiger partial charge is 0.468 e. The highest BCUT2D eigenvalue weighted by Gasteiger charge is 2.25. The molecular weight excluding hydrogens is 487 g/mol. The van der Waals surface area contributed by atoms with Crippen LogP contribution in [-0.4, -0.2) is 66.6 Å². The molecule has 0 spiro atoms. The lowest BCUT2D eigenvalue weighted by Gasteiger charge is -2.36. The minimum atomic E-state index is 0. The van der Waals surface area contributed by atoms with Crippen LogP contribution in [0.5, 0.6) is 0 Å². The van der Waals surface area contributed by atoms with Crippen molar-refractivity contribution in [2.45, 2.75) is 25.3 Å². The van der Waals surface area contributed by atoms with E-state index in [2.05, 4.69) is 25.8 Å². The van der Waals surface area contributed by atoms with E-state index in [1.54, 1.807) is 17.6 Å². The number of aliphatic imine (C=N–C) groups is 1. The molecule has 7 nitrogen and oxygen atoms in total. The molecule has 2 fully saturated rings. The van der Waals surface area contributed by atoms with Crippen LogP contribution in [0, 0.1) is 0 Å². The molecule has 4 rings (SSSR count). The van der Waals surface area contributed by atoms with Crippen molar-refractivity contribution in [3.63, 3.8) is 0 Å². The minimum Gasteiger partial charge on any atom is -0.468 e. The fourth-order valence-electron chi connectivity index (χ4n) is 3.88. The zero-order valence-electron chi connectivity index (χ0n) is 16.1. The Labute approximate surface area is 187 Å². The van der Waals surface area contributed by atoms with Gasteiger partial charge in [0.25, 0.3) is 0 Å². The summed E-state index contributed by atoms with van der Waals surface area (Å²) >= 11 is 1.69. The number of likely N-dealkylation sites (tertiary alicyclic amines) is 1. The Hall–Kier alpha value is -1.33. The molecule has 2 aromatic heterocycles. The van der Waals surface area contributed by atoms with Crippen LogP contribution >= 0.6 is 35.3 Å². The van der Waals surface area contributed by atoms with Gasteiger partial charge in [-0.25, -0.2) is 4.98 Å². The number of thiazole rings is 1. The quantitative estimate of drug-likeness (QED) is 0.374. The van der Waals surface area contributed by atoms with Crippen molar-refractivity contribution in [3.8, 4) is 0 Å². The molecule has 0 radical (unpaired) electrons. The molecule has 1 unspecified atom stereocenters. The highest BCUT2D eigenvalue weighted by atomic mass is 127. The monoisotopic (exact) mass is 516 g/mol. The van der Waals surface area contributed by atoms with Crippen LogP contribution in [-0.2, 0) is 0 Å². The zero-order valence-corrected chi connectivity index (χ0v) is 19.2. The molecule has 1 atom stereocenters. The summed E-state index contributed by atoms with van der Waals surface area (Å²) in [5, 5.41) is 3.11. The van der Waals surface area contributed by atoms with Crippen molar-refractivity contribution in [1.82, 2.24) is 14.8 Å². The number of guanidine groups is 1. The maximum Gasteiger partial charge on any atom is 0.191 e. The number of piperazine rings is 1. The van der Waals surface area contributed by atoms with Gasteiger partial charge >= 0.3 is 0 Å². The van der Waals surface area contributed by atoms with Gasteiger partial charge in [0.1, 0.15) is 5.76 Å². The summed E-state index contributed by atoms with van der Waals surface area (Å²) in [5.41, 5.74) is 6.34. The SMILES string of the molecule is I.NC(=NCC(c1ccco1)N1CCCCC1)N1CCN(c2nccs2)CC1. The maximum absolute atomic E-state index is 6.34. The third-order valence-corrected chi connectivity index (χ3v) is 6.25. The summed E-state index contributed by atoms with van der Waals surface area (Å²) < 4.78 is 5.70. The van der Waals surface area contributed by atoms with E-state index in [-0.39, 0.29) is 30.0 Å². The van der Waals surface area contributed by atoms with Gasteiger partial charge in [0.2, 0.25) is 0 Å². The fraction of sp³-hybridized carbons (Fsp3) is 0.579. The molecule has 4 heterocycles. The molecule has 0 bridgehead atoms. The fourth-order valence-corrected chi connectivity index (χ4v) is 4.57. The summed E-state index contributed by atoms with van der Waals surface area (Å²) in [5.74, 6) is 1.63. The molecule has 28 heavy (non-hydrogen) atoms. The molecule has 0 amide bonds. The first-order chi connectivity index (χ1) is 13.3. The van der Waals surface area contributed by atoms with Crippen LogP contribution in [0.15, 0.2) is 39.4 Å². The first kappa shape index (κ1) is 21.4. The molecule has 2 aromatic rings. The van der Waals surface area contributed by atoms with Crippen LogP contribution in [0.3, 0.4) is 0 Å². The number of halogens is 1. The Morgan fingerprint density at radius 3 is 2.61 bits per heavy atom. The third-order valence-electron chi connectivity index (χ3n) is 5.42. The third kappa shape index (κ3) is 5.18. The zero-order chi connectivity index (χ0) is 18.5. The van der Waals surface area contributed by atoms with Gasteiger partial charge in [-0.1, -0.05) is 6.42 Å². The second-order valence-electron chi connectivity index (χ2n) is 7.12. The molecule has 2 saturated heterocycles. The predicted molar refractivity (Wildman–Crippen MR) is 125 cm³/mol. The Kier molecular flexibility index (Phi) is 7.98. The van der Waals surface area contributed by atoms with E-state index in [0.29, 0.717) is 12.5 Å². The number of hydrogen-bond acceptors (Lipinski definition) is 6. The Balaban J connectivity index is 0.00000225. The Morgan fingerprint density at radius 2 is 1.96 bits per heavy atom. The van der Waals surface area contributed by atoms with Crippen molar-refractivity contribution >= 4 is 46.4 Å². The molecule has 2 N–H and O–H groups in total. The lowest BCUT2D eigenvalue weighted by atomic mass is 10.1. The van der Waals surface area contributed by atoms with Gasteiger partial charge in [-0.15, -0.1) is 35.3 Å². The molecule has 154 valence electrons. The lowest BCUT2D eigenvalue weighted by molar-refractivity contribution is 0.150. The topological polar surface area (TPSA) is 74.1 Å². The normalized spacial score (nSPS) is 20.1. The molecule has 0 aromatic carbocycles. The number of nitrogens with zero attached hydrogens (tertiary/aromatic N) is 5. The number of rotatable bonds is 5. The first-order valence-corrected chi connectivity index (χ1v) is 10.7. The number of hydrogen-bond donors (Lipinski definition) is 1. The van der Waals surface area contributed by atoms with Crippen LogP contribution in [0.1, 0.15) is 31.1 Å². The summed E-state index contributed by atoms with van der Waals surface area (Å²) in [4.78, 5) is 16.1. The standard InChI is InChI=1S/C19H28N6OS.HI/c20-18(24-9-11-25(12-10-24)19-21-6-14-27-19)22-15-16(17-5-4-13-26-17)23-7-2-1-3-8-23;/h4-6,13-14,16H,1-3,7-12,15H2,(H2,20,22);1H. The van der Waals surface area contributed by atoms with Crippen LogP contribution in [0.25, 0.3) is 0 Å². The molecular formula is C19H29IN6OS. The van der Waals surface area contributed by atoms with Crippen LogP contribution < -0.4 is 10.6 Å². The van der Waals surface area contributed by atoms with Gasteiger partial charge in [0, 0.05) is 37.8 Å². The summed E-state index contributed by atoms with van der Waals surface area (Å²) in [6.45, 7) is 6.47. The number of anilines is 1. The van der Waals surface area contributed by atoms with E-state index >= 15 is 0 Å². The van der Waals surface area contributed by atoms with E-state index in [1.807, 2.05) is 17.6 Å². The molecule has 0 aliphatic carbocycles. The average molecular weight is 516 g/mol. The number of aromatic nitrogens is 1. The number of furan rings is 1. The van der Waals surface area contributed by atoms with Crippen molar-refractivity contribution in [2.24, 2.45) is 10.7 Å². The van der Waals surface area contributed by atoms with Crippen molar-refractivity contribution in [2.75, 3.05) is 50.7 Å². The van der Waals surface area contributed by atoms with Crippen molar-refractivity contribution in [3.05, 3.63) is 35.7 Å². The summed E-state index contributed by atoms with van der Waals surface area (Å²) in [6.07, 6.45) is 7.41. The molecule has 2 aliphatic rings.